The Kier molecular flexibility index (Phi) is 5.16. The van der Waals surface area contributed by atoms with Gasteiger partial charge in [0.15, 0.2) is 11.4 Å². The number of thiophene rings is 1. The second-order valence-corrected chi connectivity index (χ2v) is 9.63. The van der Waals surface area contributed by atoms with Gasteiger partial charge in [-0.1, -0.05) is 17.7 Å². The van der Waals surface area contributed by atoms with Gasteiger partial charge in [0.05, 0.1) is 10.5 Å². The first-order valence-electron chi connectivity index (χ1n) is 10.7. The zero-order valence-electron chi connectivity index (χ0n) is 18.7. The molecule has 0 aliphatic heterocycles. The normalized spacial score (nSPS) is 12.3. The van der Waals surface area contributed by atoms with Gasteiger partial charge in [-0.25, -0.2) is 19.5 Å². The van der Waals surface area contributed by atoms with Gasteiger partial charge in [-0.2, -0.15) is 13.2 Å². The van der Waals surface area contributed by atoms with Gasteiger partial charge < -0.3 is 9.15 Å². The molecule has 0 saturated heterocycles. The van der Waals surface area contributed by atoms with Crippen molar-refractivity contribution in [3.05, 3.63) is 70.3 Å². The van der Waals surface area contributed by atoms with E-state index in [9.17, 15) is 13.2 Å². The molecule has 0 N–H and O–H groups in total. The fourth-order valence-electron chi connectivity index (χ4n) is 3.91. The van der Waals surface area contributed by atoms with Gasteiger partial charge in [0.25, 0.3) is 0 Å². The van der Waals surface area contributed by atoms with E-state index in [-0.39, 0.29) is 11.4 Å². The van der Waals surface area contributed by atoms with E-state index in [1.807, 2.05) is 19.1 Å². The molecule has 5 heterocycles. The quantitative estimate of drug-likeness (QED) is 0.244. The number of rotatable bonds is 4. The van der Waals surface area contributed by atoms with E-state index in [0.29, 0.717) is 54.9 Å². The number of alkyl halides is 3. The minimum Gasteiger partial charge on any atom is -0.484 e. The lowest BCUT2D eigenvalue weighted by atomic mass is 10.1. The number of fused-ring (bicyclic) bond motifs is 5. The summed E-state index contributed by atoms with van der Waals surface area (Å²) in [6.45, 7) is 3.71. The fourth-order valence-corrected chi connectivity index (χ4v) is 5.26. The summed E-state index contributed by atoms with van der Waals surface area (Å²) in [5, 5.41) is 5.51. The number of nitrogens with zero attached hydrogens (tertiary/aromatic N) is 5. The number of furan rings is 1. The van der Waals surface area contributed by atoms with Gasteiger partial charge in [-0.05, 0) is 55.3 Å². The summed E-state index contributed by atoms with van der Waals surface area (Å²) in [5.41, 5.74) is 1.51. The van der Waals surface area contributed by atoms with Gasteiger partial charge in [0.1, 0.15) is 39.7 Å². The number of benzene rings is 1. The topological polar surface area (TPSA) is 78.3 Å². The maximum atomic E-state index is 13.3. The summed E-state index contributed by atoms with van der Waals surface area (Å²) in [7, 11) is 0. The molecular formula is C24H15ClF3N5O2S. The van der Waals surface area contributed by atoms with Crippen LogP contribution in [-0.4, -0.2) is 24.6 Å². The van der Waals surface area contributed by atoms with Gasteiger partial charge in [-0.15, -0.1) is 16.4 Å². The first-order valence-corrected chi connectivity index (χ1v) is 11.9. The van der Waals surface area contributed by atoms with Crippen molar-refractivity contribution in [3.8, 4) is 17.3 Å². The highest BCUT2D eigenvalue weighted by Gasteiger charge is 2.33. The van der Waals surface area contributed by atoms with Gasteiger partial charge in [0.2, 0.25) is 5.82 Å². The molecule has 6 rings (SSSR count). The largest absolute Gasteiger partial charge is 0.484 e. The van der Waals surface area contributed by atoms with Crippen LogP contribution >= 0.6 is 22.9 Å². The van der Waals surface area contributed by atoms with E-state index in [4.69, 9.17) is 20.8 Å². The molecule has 0 amide bonds. The molecule has 0 bridgehead atoms. The Morgan fingerprint density at radius 3 is 2.75 bits per heavy atom. The maximum Gasteiger partial charge on any atom is 0.433 e. The van der Waals surface area contributed by atoms with E-state index in [0.717, 1.165) is 23.0 Å². The number of halogens is 4. The molecule has 0 aliphatic carbocycles. The minimum atomic E-state index is -4.54. The fraction of sp³-hybridized carbons (Fsp3) is 0.167. The molecule has 0 radical (unpaired) electrons. The highest BCUT2D eigenvalue weighted by molar-refractivity contribution is 7.26. The van der Waals surface area contributed by atoms with Crippen molar-refractivity contribution in [1.29, 1.82) is 0 Å². The minimum absolute atomic E-state index is 0.158. The Bertz CT molecular complexity index is 1790. The summed E-state index contributed by atoms with van der Waals surface area (Å²) < 4.78 is 53.5. The number of ether oxygens (including phenoxy) is 1. The first-order chi connectivity index (χ1) is 17.2. The summed E-state index contributed by atoms with van der Waals surface area (Å²) in [4.78, 5) is 13.1. The van der Waals surface area contributed by atoms with Crippen LogP contribution in [0.25, 0.3) is 37.7 Å². The van der Waals surface area contributed by atoms with E-state index in [2.05, 4.69) is 20.1 Å². The molecule has 0 fully saturated rings. The molecule has 0 aliphatic rings. The lowest BCUT2D eigenvalue weighted by molar-refractivity contribution is -0.141. The van der Waals surface area contributed by atoms with Crippen molar-refractivity contribution in [2.45, 2.75) is 26.6 Å². The molecule has 6 aromatic rings. The number of aromatic nitrogens is 5. The van der Waals surface area contributed by atoms with Crippen LogP contribution in [0.3, 0.4) is 0 Å². The van der Waals surface area contributed by atoms with Crippen molar-refractivity contribution in [1.82, 2.24) is 24.6 Å². The number of pyridine rings is 1. The Labute approximate surface area is 210 Å². The standard InChI is InChI=1S/C24H15ClF3N5O2S/c1-11-3-5-14(25)16(7-11)34-9-13-4-6-15(35-13)21-31-22-20-19(29-10-33(22)32-21)18-12(2)8-17(24(26,27)28)30-23(18)36-20/h3-8,10H,9H2,1-2H3. The highest BCUT2D eigenvalue weighted by atomic mass is 35.5. The predicted molar refractivity (Wildman–Crippen MR) is 129 cm³/mol. The smallest absolute Gasteiger partial charge is 0.433 e. The average Bonchev–Trinajstić information content (AvgIpc) is 3.54. The average molecular weight is 530 g/mol. The van der Waals surface area contributed by atoms with Crippen LogP contribution in [0.2, 0.25) is 5.02 Å². The molecule has 1 aromatic carbocycles. The first kappa shape index (κ1) is 22.7. The molecule has 0 atom stereocenters. The van der Waals surface area contributed by atoms with Gasteiger partial charge in [-0.3, -0.25) is 0 Å². The Balaban J connectivity index is 1.36. The summed E-state index contributed by atoms with van der Waals surface area (Å²) >= 11 is 7.28. The van der Waals surface area contributed by atoms with E-state index >= 15 is 0 Å². The number of hydrogen-bond acceptors (Lipinski definition) is 7. The summed E-state index contributed by atoms with van der Waals surface area (Å²) in [6, 6.07) is 10.0. The van der Waals surface area contributed by atoms with Crippen LogP contribution in [0.15, 0.2) is 47.1 Å². The third kappa shape index (κ3) is 3.84. The van der Waals surface area contributed by atoms with Crippen LogP contribution in [0.5, 0.6) is 5.75 Å². The Morgan fingerprint density at radius 2 is 1.94 bits per heavy atom. The van der Waals surface area contributed by atoms with Crippen molar-refractivity contribution < 1.29 is 22.3 Å². The second kappa shape index (κ2) is 8.17. The van der Waals surface area contributed by atoms with Crippen molar-refractivity contribution in [3.63, 3.8) is 0 Å². The monoisotopic (exact) mass is 529 g/mol. The summed E-state index contributed by atoms with van der Waals surface area (Å²) in [6.07, 6.45) is -3.06. The van der Waals surface area contributed by atoms with E-state index < -0.39 is 11.9 Å². The third-order valence-electron chi connectivity index (χ3n) is 5.59. The lowest BCUT2D eigenvalue weighted by Gasteiger charge is -2.07. The van der Waals surface area contributed by atoms with Crippen LogP contribution in [0.1, 0.15) is 22.6 Å². The van der Waals surface area contributed by atoms with E-state index in [1.54, 1.807) is 25.1 Å². The van der Waals surface area contributed by atoms with Crippen LogP contribution in [0.4, 0.5) is 13.2 Å². The van der Waals surface area contributed by atoms with Gasteiger partial charge in [0, 0.05) is 5.39 Å². The van der Waals surface area contributed by atoms with E-state index in [1.165, 1.54) is 10.8 Å². The van der Waals surface area contributed by atoms with Crippen molar-refractivity contribution in [2.24, 2.45) is 0 Å². The predicted octanol–water partition coefficient (Wildman–Crippen LogP) is 7.02. The molecule has 12 heteroatoms. The molecule has 5 aromatic heterocycles. The highest BCUT2D eigenvalue weighted by Crippen LogP contribution is 2.39. The van der Waals surface area contributed by atoms with Crippen molar-refractivity contribution >= 4 is 49.0 Å². The SMILES string of the molecule is Cc1ccc(Cl)c(OCc2ccc(-c3nc4c5sc6nc(C(F)(F)F)cc(C)c6c5ncn4n3)o2)c1. The molecule has 182 valence electrons. The molecule has 36 heavy (non-hydrogen) atoms. The number of aryl methyl sites for hydroxylation is 2. The third-order valence-corrected chi connectivity index (χ3v) is 6.97. The van der Waals surface area contributed by atoms with Crippen LogP contribution < -0.4 is 4.74 Å². The zero-order chi connectivity index (χ0) is 25.2. The molecule has 0 saturated carbocycles. The zero-order valence-corrected chi connectivity index (χ0v) is 20.3. The number of hydrogen-bond donors (Lipinski definition) is 0. The molecule has 7 nitrogen and oxygen atoms in total. The second-order valence-electron chi connectivity index (χ2n) is 8.22. The van der Waals surface area contributed by atoms with Crippen LogP contribution in [-0.2, 0) is 12.8 Å². The maximum absolute atomic E-state index is 13.3. The Hall–Kier alpha value is -3.70. The lowest BCUT2D eigenvalue weighted by Crippen LogP contribution is -2.07. The molecular weight excluding hydrogens is 515 g/mol. The Morgan fingerprint density at radius 1 is 1.11 bits per heavy atom. The summed E-state index contributed by atoms with van der Waals surface area (Å²) in [5.74, 6) is 1.82. The molecule has 0 spiro atoms. The van der Waals surface area contributed by atoms with Gasteiger partial charge >= 0.3 is 6.18 Å². The van der Waals surface area contributed by atoms with Crippen molar-refractivity contribution in [2.75, 3.05) is 0 Å². The van der Waals surface area contributed by atoms with Crippen LogP contribution in [0, 0.1) is 13.8 Å². The molecule has 0 unspecified atom stereocenters.